The second-order valence-electron chi connectivity index (χ2n) is 5.67. The standard InChI is InChI=1S/C13H24ClN3O/c1-9-12(14)10(2)17(16-9)11(8-18-6)7-15-13(3,4)5/h11,15H,7-8H2,1-6H3. The molecule has 0 aliphatic heterocycles. The Morgan fingerprint density at radius 1 is 1.39 bits per heavy atom. The van der Waals surface area contributed by atoms with Crippen molar-refractivity contribution in [3.05, 3.63) is 16.4 Å². The van der Waals surface area contributed by atoms with Gasteiger partial charge in [-0.15, -0.1) is 0 Å². The Kier molecular flexibility index (Phi) is 5.20. The smallest absolute Gasteiger partial charge is 0.0880 e. The first-order valence-corrected chi connectivity index (χ1v) is 6.59. The highest BCUT2D eigenvalue weighted by atomic mass is 35.5. The van der Waals surface area contributed by atoms with Crippen LogP contribution in [0.1, 0.15) is 38.2 Å². The first-order chi connectivity index (χ1) is 8.26. The van der Waals surface area contributed by atoms with E-state index in [-0.39, 0.29) is 11.6 Å². The lowest BCUT2D eigenvalue weighted by Crippen LogP contribution is -2.41. The fraction of sp³-hybridized carbons (Fsp3) is 0.769. The van der Waals surface area contributed by atoms with Crippen LogP contribution in [0, 0.1) is 13.8 Å². The number of ether oxygens (including phenoxy) is 1. The highest BCUT2D eigenvalue weighted by Crippen LogP contribution is 2.22. The van der Waals surface area contributed by atoms with Crippen LogP contribution in [-0.2, 0) is 4.74 Å². The van der Waals surface area contributed by atoms with Gasteiger partial charge in [0.15, 0.2) is 0 Å². The molecule has 1 N–H and O–H groups in total. The Morgan fingerprint density at radius 3 is 2.39 bits per heavy atom. The maximum Gasteiger partial charge on any atom is 0.0880 e. The molecule has 1 heterocycles. The van der Waals surface area contributed by atoms with Crippen LogP contribution in [0.15, 0.2) is 0 Å². The molecule has 0 radical (unpaired) electrons. The van der Waals surface area contributed by atoms with Gasteiger partial charge >= 0.3 is 0 Å². The zero-order chi connectivity index (χ0) is 13.9. The van der Waals surface area contributed by atoms with Crippen LogP contribution in [0.25, 0.3) is 0 Å². The van der Waals surface area contributed by atoms with Crippen molar-refractivity contribution in [3.63, 3.8) is 0 Å². The lowest BCUT2D eigenvalue weighted by atomic mass is 10.1. The van der Waals surface area contributed by atoms with Gasteiger partial charge in [0.05, 0.1) is 29.1 Å². The number of halogens is 1. The number of methoxy groups -OCH3 is 1. The largest absolute Gasteiger partial charge is 0.382 e. The highest BCUT2D eigenvalue weighted by molar-refractivity contribution is 6.31. The van der Waals surface area contributed by atoms with Gasteiger partial charge < -0.3 is 10.1 Å². The number of nitrogens with one attached hydrogen (secondary N) is 1. The van der Waals surface area contributed by atoms with E-state index in [2.05, 4.69) is 31.2 Å². The molecule has 1 atom stereocenters. The quantitative estimate of drug-likeness (QED) is 0.897. The van der Waals surface area contributed by atoms with E-state index >= 15 is 0 Å². The second-order valence-corrected chi connectivity index (χ2v) is 6.05. The summed E-state index contributed by atoms with van der Waals surface area (Å²) in [6, 6.07) is 0.153. The normalized spacial score (nSPS) is 13.9. The molecule has 1 unspecified atom stereocenters. The first-order valence-electron chi connectivity index (χ1n) is 6.21. The Morgan fingerprint density at radius 2 is 2.00 bits per heavy atom. The first kappa shape index (κ1) is 15.5. The van der Waals surface area contributed by atoms with Crippen molar-refractivity contribution in [2.75, 3.05) is 20.3 Å². The molecule has 0 aliphatic carbocycles. The van der Waals surface area contributed by atoms with Gasteiger partial charge in [-0.1, -0.05) is 11.6 Å². The molecule has 5 heteroatoms. The van der Waals surface area contributed by atoms with Gasteiger partial charge in [-0.2, -0.15) is 5.10 Å². The van der Waals surface area contributed by atoms with Crippen LogP contribution in [0.3, 0.4) is 0 Å². The monoisotopic (exact) mass is 273 g/mol. The molecule has 0 saturated heterocycles. The van der Waals surface area contributed by atoms with Crippen LogP contribution in [0.2, 0.25) is 5.02 Å². The third-order valence-electron chi connectivity index (χ3n) is 2.81. The summed E-state index contributed by atoms with van der Waals surface area (Å²) in [4.78, 5) is 0. The Hall–Kier alpha value is -0.580. The number of rotatable bonds is 5. The molecule has 104 valence electrons. The van der Waals surface area contributed by atoms with Gasteiger partial charge in [-0.3, -0.25) is 4.68 Å². The van der Waals surface area contributed by atoms with E-state index in [0.717, 1.165) is 23.0 Å². The summed E-state index contributed by atoms with van der Waals surface area (Å²) in [6.45, 7) is 11.8. The van der Waals surface area contributed by atoms with Crippen molar-refractivity contribution in [1.82, 2.24) is 15.1 Å². The van der Waals surface area contributed by atoms with E-state index in [1.54, 1.807) is 7.11 Å². The van der Waals surface area contributed by atoms with Gasteiger partial charge in [-0.05, 0) is 34.6 Å². The highest BCUT2D eigenvalue weighted by Gasteiger charge is 2.20. The molecule has 1 rings (SSSR count). The molecule has 0 aromatic carbocycles. The zero-order valence-corrected chi connectivity index (χ0v) is 12.9. The summed E-state index contributed by atoms with van der Waals surface area (Å²) < 4.78 is 7.24. The Balaban J connectivity index is 2.87. The third kappa shape index (κ3) is 3.97. The molecule has 4 nitrogen and oxygen atoms in total. The van der Waals surface area contributed by atoms with Crippen molar-refractivity contribution in [3.8, 4) is 0 Å². The van der Waals surface area contributed by atoms with Crippen LogP contribution in [-0.4, -0.2) is 35.6 Å². The molecule has 1 aromatic rings. The molecule has 0 aliphatic rings. The van der Waals surface area contributed by atoms with Gasteiger partial charge in [0, 0.05) is 19.2 Å². The lowest BCUT2D eigenvalue weighted by Gasteiger charge is -2.26. The van der Waals surface area contributed by atoms with E-state index in [9.17, 15) is 0 Å². The van der Waals surface area contributed by atoms with Crippen molar-refractivity contribution in [1.29, 1.82) is 0 Å². The number of aryl methyl sites for hydroxylation is 1. The van der Waals surface area contributed by atoms with Gasteiger partial charge in [0.1, 0.15) is 0 Å². The maximum absolute atomic E-state index is 6.19. The predicted molar refractivity (Wildman–Crippen MR) is 75.4 cm³/mol. The predicted octanol–water partition coefficient (Wildman–Crippen LogP) is 2.73. The summed E-state index contributed by atoms with van der Waals surface area (Å²) in [7, 11) is 1.71. The number of aromatic nitrogens is 2. The Labute approximate surface area is 115 Å². The van der Waals surface area contributed by atoms with E-state index in [1.165, 1.54) is 0 Å². The fourth-order valence-electron chi connectivity index (χ4n) is 1.83. The van der Waals surface area contributed by atoms with Crippen molar-refractivity contribution < 1.29 is 4.74 Å². The molecule has 0 fully saturated rings. The van der Waals surface area contributed by atoms with E-state index in [1.807, 2.05) is 18.5 Å². The SMILES string of the molecule is COCC(CNC(C)(C)C)n1nc(C)c(Cl)c1C. The minimum Gasteiger partial charge on any atom is -0.382 e. The second kappa shape index (κ2) is 6.04. The van der Waals surface area contributed by atoms with Gasteiger partial charge in [-0.25, -0.2) is 0 Å². The molecule has 0 amide bonds. The van der Waals surface area contributed by atoms with Crippen LogP contribution in [0.4, 0.5) is 0 Å². The van der Waals surface area contributed by atoms with Crippen LogP contribution in [0.5, 0.6) is 0 Å². The number of hydrogen-bond acceptors (Lipinski definition) is 3. The average molecular weight is 274 g/mol. The van der Waals surface area contributed by atoms with Crippen LogP contribution < -0.4 is 5.32 Å². The summed E-state index contributed by atoms with van der Waals surface area (Å²) >= 11 is 6.19. The van der Waals surface area contributed by atoms with Crippen molar-refractivity contribution >= 4 is 11.6 Å². The van der Waals surface area contributed by atoms with Crippen molar-refractivity contribution in [2.24, 2.45) is 0 Å². The fourth-order valence-corrected chi connectivity index (χ4v) is 1.96. The molecule has 0 saturated carbocycles. The minimum atomic E-state index is 0.0753. The summed E-state index contributed by atoms with van der Waals surface area (Å²) in [5.41, 5.74) is 1.93. The summed E-state index contributed by atoms with van der Waals surface area (Å²) in [5, 5.41) is 8.71. The van der Waals surface area contributed by atoms with E-state index in [4.69, 9.17) is 16.3 Å². The molecule has 0 spiro atoms. The number of nitrogens with zero attached hydrogens (tertiary/aromatic N) is 2. The molecular formula is C13H24ClN3O. The van der Waals surface area contributed by atoms with E-state index < -0.39 is 0 Å². The minimum absolute atomic E-state index is 0.0753. The topological polar surface area (TPSA) is 39.1 Å². The maximum atomic E-state index is 6.19. The van der Waals surface area contributed by atoms with E-state index in [0.29, 0.717) is 6.61 Å². The summed E-state index contributed by atoms with van der Waals surface area (Å²) in [5.74, 6) is 0. The molecule has 18 heavy (non-hydrogen) atoms. The molecule has 1 aromatic heterocycles. The average Bonchev–Trinajstić information content (AvgIpc) is 2.51. The summed E-state index contributed by atoms with van der Waals surface area (Å²) in [6.07, 6.45) is 0. The van der Waals surface area contributed by atoms with Gasteiger partial charge in [0.2, 0.25) is 0 Å². The molecule has 0 bridgehead atoms. The van der Waals surface area contributed by atoms with Gasteiger partial charge in [0.25, 0.3) is 0 Å². The van der Waals surface area contributed by atoms with Crippen LogP contribution >= 0.6 is 11.6 Å². The molecular weight excluding hydrogens is 250 g/mol. The number of hydrogen-bond donors (Lipinski definition) is 1. The third-order valence-corrected chi connectivity index (χ3v) is 3.36. The zero-order valence-electron chi connectivity index (χ0n) is 12.2. The Bertz CT molecular complexity index is 396. The lowest BCUT2D eigenvalue weighted by molar-refractivity contribution is 0.142. The van der Waals surface area contributed by atoms with Crippen molar-refractivity contribution in [2.45, 2.75) is 46.2 Å².